The van der Waals surface area contributed by atoms with E-state index in [2.05, 4.69) is 37.5 Å². The van der Waals surface area contributed by atoms with Crippen molar-refractivity contribution in [3.8, 4) is 0 Å². The van der Waals surface area contributed by atoms with E-state index in [1.807, 2.05) is 11.3 Å². The molecule has 0 saturated heterocycles. The van der Waals surface area contributed by atoms with Crippen LogP contribution in [0.15, 0.2) is 11.4 Å². The van der Waals surface area contributed by atoms with E-state index in [9.17, 15) is 0 Å². The van der Waals surface area contributed by atoms with E-state index in [1.54, 1.807) is 0 Å². The Labute approximate surface area is 78.8 Å². The maximum atomic E-state index is 3.43. The molecule has 1 nitrogen and oxygen atoms in total. The molecule has 0 fully saturated rings. The Bertz CT molecular complexity index is 227. The number of rotatable bonds is 4. The number of hydrogen-bond donors (Lipinski definition) is 1. The van der Waals surface area contributed by atoms with Crippen molar-refractivity contribution in [2.45, 2.75) is 39.8 Å². The van der Waals surface area contributed by atoms with Crippen LogP contribution in [0.5, 0.6) is 0 Å². The molecule has 0 amide bonds. The molecule has 0 aliphatic rings. The molecular formula is C10H17NS. The minimum atomic E-state index is 0.580. The molecule has 0 saturated carbocycles. The van der Waals surface area contributed by atoms with Crippen molar-refractivity contribution in [1.82, 2.24) is 5.32 Å². The highest BCUT2D eigenvalue weighted by Gasteiger charge is 2.01. The van der Waals surface area contributed by atoms with Gasteiger partial charge in [0.15, 0.2) is 0 Å². The normalized spacial score (nSPS) is 11.0. The Balaban J connectivity index is 2.50. The maximum absolute atomic E-state index is 3.43. The average molecular weight is 183 g/mol. The Kier molecular flexibility index (Phi) is 3.76. The lowest BCUT2D eigenvalue weighted by atomic mass is 10.2. The van der Waals surface area contributed by atoms with Crippen LogP contribution in [0.4, 0.5) is 0 Å². The predicted octanol–water partition coefficient (Wildman–Crippen LogP) is 2.81. The van der Waals surface area contributed by atoms with Crippen LogP contribution >= 0.6 is 11.3 Å². The van der Waals surface area contributed by atoms with Crippen molar-refractivity contribution in [1.29, 1.82) is 0 Å². The largest absolute Gasteiger partial charge is 0.310 e. The smallest absolute Gasteiger partial charge is 0.0304 e. The Hall–Kier alpha value is -0.340. The third kappa shape index (κ3) is 2.61. The van der Waals surface area contributed by atoms with E-state index in [4.69, 9.17) is 0 Å². The fraction of sp³-hybridized carbons (Fsp3) is 0.600. The van der Waals surface area contributed by atoms with Crippen LogP contribution < -0.4 is 5.32 Å². The average Bonchev–Trinajstić information content (AvgIpc) is 2.47. The van der Waals surface area contributed by atoms with Gasteiger partial charge in [-0.2, -0.15) is 0 Å². The van der Waals surface area contributed by atoms with Gasteiger partial charge in [-0.15, -0.1) is 11.3 Å². The monoisotopic (exact) mass is 183 g/mol. The van der Waals surface area contributed by atoms with Crippen molar-refractivity contribution < 1.29 is 0 Å². The van der Waals surface area contributed by atoms with Crippen molar-refractivity contribution >= 4 is 11.3 Å². The second-order valence-electron chi connectivity index (χ2n) is 3.26. The highest BCUT2D eigenvalue weighted by atomic mass is 32.1. The predicted molar refractivity (Wildman–Crippen MR) is 55.7 cm³/mol. The first-order valence-corrected chi connectivity index (χ1v) is 5.40. The molecule has 12 heavy (non-hydrogen) atoms. The maximum Gasteiger partial charge on any atom is 0.0304 e. The van der Waals surface area contributed by atoms with Crippen molar-refractivity contribution in [3.05, 3.63) is 21.9 Å². The molecule has 0 unspecified atom stereocenters. The first-order valence-electron chi connectivity index (χ1n) is 4.52. The lowest BCUT2D eigenvalue weighted by Crippen LogP contribution is -2.21. The zero-order valence-corrected chi connectivity index (χ0v) is 8.87. The Morgan fingerprint density at radius 2 is 2.25 bits per heavy atom. The van der Waals surface area contributed by atoms with E-state index >= 15 is 0 Å². The van der Waals surface area contributed by atoms with Gasteiger partial charge in [0.1, 0.15) is 0 Å². The van der Waals surface area contributed by atoms with Crippen LogP contribution in [-0.2, 0) is 13.0 Å². The number of thiophene rings is 1. The van der Waals surface area contributed by atoms with Crippen LogP contribution in [-0.4, -0.2) is 6.04 Å². The quantitative estimate of drug-likeness (QED) is 0.757. The molecule has 2 heteroatoms. The molecule has 0 radical (unpaired) electrons. The molecule has 0 spiro atoms. The second kappa shape index (κ2) is 4.63. The molecule has 0 bridgehead atoms. The Morgan fingerprint density at radius 1 is 1.50 bits per heavy atom. The molecule has 1 rings (SSSR count). The number of nitrogens with one attached hydrogen (secondary N) is 1. The summed E-state index contributed by atoms with van der Waals surface area (Å²) in [4.78, 5) is 1.49. The zero-order valence-electron chi connectivity index (χ0n) is 8.05. The second-order valence-corrected chi connectivity index (χ2v) is 4.26. The van der Waals surface area contributed by atoms with Crippen LogP contribution in [0.2, 0.25) is 0 Å². The van der Waals surface area contributed by atoms with Gasteiger partial charge in [-0.3, -0.25) is 0 Å². The lowest BCUT2D eigenvalue weighted by Gasteiger charge is -2.07. The van der Waals surface area contributed by atoms with Gasteiger partial charge in [-0.1, -0.05) is 20.8 Å². The fourth-order valence-corrected chi connectivity index (χ4v) is 2.06. The minimum Gasteiger partial charge on any atom is -0.310 e. The minimum absolute atomic E-state index is 0.580. The first kappa shape index (κ1) is 9.75. The zero-order chi connectivity index (χ0) is 8.97. The van der Waals surface area contributed by atoms with Crippen molar-refractivity contribution in [2.24, 2.45) is 0 Å². The van der Waals surface area contributed by atoms with Crippen molar-refractivity contribution in [2.75, 3.05) is 0 Å². The number of hydrogen-bond acceptors (Lipinski definition) is 2. The summed E-state index contributed by atoms with van der Waals surface area (Å²) >= 11 is 1.85. The van der Waals surface area contributed by atoms with E-state index < -0.39 is 0 Å². The summed E-state index contributed by atoms with van der Waals surface area (Å²) in [7, 11) is 0. The fourth-order valence-electron chi connectivity index (χ4n) is 1.13. The molecule has 0 atom stereocenters. The van der Waals surface area contributed by atoms with Crippen LogP contribution in [0.1, 0.15) is 31.2 Å². The first-order chi connectivity index (χ1) is 5.74. The third-order valence-electron chi connectivity index (χ3n) is 1.89. The van der Waals surface area contributed by atoms with E-state index in [1.165, 1.54) is 10.4 Å². The summed E-state index contributed by atoms with van der Waals surface area (Å²) in [5.41, 5.74) is 1.49. The van der Waals surface area contributed by atoms with E-state index in [0.29, 0.717) is 6.04 Å². The van der Waals surface area contributed by atoms with Gasteiger partial charge in [-0.25, -0.2) is 0 Å². The van der Waals surface area contributed by atoms with Gasteiger partial charge in [0.2, 0.25) is 0 Å². The molecule has 1 aromatic heterocycles. The summed E-state index contributed by atoms with van der Waals surface area (Å²) in [6.45, 7) is 7.60. The summed E-state index contributed by atoms with van der Waals surface area (Å²) < 4.78 is 0. The summed E-state index contributed by atoms with van der Waals surface area (Å²) in [5.74, 6) is 0. The molecule has 68 valence electrons. The van der Waals surface area contributed by atoms with Crippen LogP contribution in [0, 0.1) is 0 Å². The van der Waals surface area contributed by atoms with Crippen LogP contribution in [0.25, 0.3) is 0 Å². The summed E-state index contributed by atoms with van der Waals surface area (Å²) in [6, 6.07) is 2.80. The molecule has 1 heterocycles. The highest BCUT2D eigenvalue weighted by molar-refractivity contribution is 7.10. The van der Waals surface area contributed by atoms with Gasteiger partial charge in [0, 0.05) is 17.5 Å². The van der Waals surface area contributed by atoms with Crippen LogP contribution in [0.3, 0.4) is 0 Å². The van der Waals surface area contributed by atoms with Gasteiger partial charge in [0.05, 0.1) is 0 Å². The molecule has 1 aromatic rings. The third-order valence-corrected chi connectivity index (χ3v) is 2.85. The molecular weight excluding hydrogens is 166 g/mol. The highest BCUT2D eigenvalue weighted by Crippen LogP contribution is 2.16. The molecule has 1 N–H and O–H groups in total. The SMILES string of the molecule is CCc1ccsc1CNC(C)C. The van der Waals surface area contributed by atoms with E-state index in [0.717, 1.165) is 13.0 Å². The van der Waals surface area contributed by atoms with Gasteiger partial charge < -0.3 is 5.32 Å². The molecule has 0 aliphatic carbocycles. The standard InChI is InChI=1S/C10H17NS/c1-4-9-5-6-12-10(9)7-11-8(2)3/h5-6,8,11H,4,7H2,1-3H3. The Morgan fingerprint density at radius 3 is 2.83 bits per heavy atom. The summed E-state index contributed by atoms with van der Waals surface area (Å²) in [6.07, 6.45) is 1.15. The van der Waals surface area contributed by atoms with Crippen molar-refractivity contribution in [3.63, 3.8) is 0 Å². The van der Waals surface area contributed by atoms with Gasteiger partial charge in [-0.05, 0) is 23.4 Å². The topological polar surface area (TPSA) is 12.0 Å². The molecule has 0 aromatic carbocycles. The summed E-state index contributed by atoms with van der Waals surface area (Å²) in [5, 5.41) is 5.61. The van der Waals surface area contributed by atoms with E-state index in [-0.39, 0.29) is 0 Å². The molecule has 0 aliphatic heterocycles. The van der Waals surface area contributed by atoms with Gasteiger partial charge >= 0.3 is 0 Å². The number of aryl methyl sites for hydroxylation is 1. The van der Waals surface area contributed by atoms with Gasteiger partial charge in [0.25, 0.3) is 0 Å². The lowest BCUT2D eigenvalue weighted by molar-refractivity contribution is 0.591.